The summed E-state index contributed by atoms with van der Waals surface area (Å²) in [4.78, 5) is 27.0. The fraction of sp³-hybridized carbons (Fsp3) is 0.412. The molecule has 1 unspecified atom stereocenters. The van der Waals surface area contributed by atoms with Gasteiger partial charge in [0, 0.05) is 30.7 Å². The number of urea groups is 1. The lowest BCUT2D eigenvalue weighted by atomic mass is 10.1. The van der Waals surface area contributed by atoms with Crippen molar-refractivity contribution in [2.75, 3.05) is 13.1 Å². The van der Waals surface area contributed by atoms with Crippen molar-refractivity contribution in [3.63, 3.8) is 0 Å². The highest BCUT2D eigenvalue weighted by atomic mass is 16.2. The summed E-state index contributed by atoms with van der Waals surface area (Å²) in [6, 6.07) is 9.46. The van der Waals surface area contributed by atoms with Gasteiger partial charge in [0.25, 0.3) is 0 Å². The lowest BCUT2D eigenvalue weighted by molar-refractivity contribution is -0.122. The zero-order valence-corrected chi connectivity index (χ0v) is 13.0. The topological polar surface area (TPSA) is 86.0 Å². The van der Waals surface area contributed by atoms with E-state index in [2.05, 4.69) is 33.1 Å². The average molecular weight is 314 g/mol. The van der Waals surface area contributed by atoms with Crippen LogP contribution in [0.1, 0.15) is 25.0 Å². The van der Waals surface area contributed by atoms with Gasteiger partial charge in [-0.2, -0.15) is 0 Å². The van der Waals surface area contributed by atoms with Crippen molar-refractivity contribution in [1.82, 2.24) is 20.9 Å². The van der Waals surface area contributed by atoms with Crippen molar-refractivity contribution >= 4 is 22.8 Å². The summed E-state index contributed by atoms with van der Waals surface area (Å²) >= 11 is 0. The maximum Gasteiger partial charge on any atom is 0.315 e. The first kappa shape index (κ1) is 15.4. The number of nitrogens with one attached hydrogen (secondary N) is 4. The molecule has 0 saturated carbocycles. The molecule has 4 N–H and O–H groups in total. The second kappa shape index (κ2) is 7.17. The molecule has 1 aromatic heterocycles. The molecule has 122 valence electrons. The van der Waals surface area contributed by atoms with Gasteiger partial charge >= 0.3 is 6.03 Å². The van der Waals surface area contributed by atoms with Crippen LogP contribution in [0, 0.1) is 0 Å². The normalized spacial score (nSPS) is 18.3. The zero-order valence-electron chi connectivity index (χ0n) is 13.0. The summed E-state index contributed by atoms with van der Waals surface area (Å²) in [5.74, 6) is -0.0896. The summed E-state index contributed by atoms with van der Waals surface area (Å²) in [5.41, 5.74) is 2.18. The molecule has 1 aliphatic heterocycles. The first-order valence-corrected chi connectivity index (χ1v) is 8.11. The Morgan fingerprint density at radius 2 is 2.13 bits per heavy atom. The van der Waals surface area contributed by atoms with Crippen LogP contribution in [0.25, 0.3) is 10.9 Å². The molecule has 0 aliphatic carbocycles. The summed E-state index contributed by atoms with van der Waals surface area (Å²) in [6.07, 6.45) is 3.32. The maximum atomic E-state index is 11.9. The van der Waals surface area contributed by atoms with Gasteiger partial charge in [-0.25, -0.2) is 4.79 Å². The Morgan fingerprint density at radius 1 is 1.26 bits per heavy atom. The van der Waals surface area contributed by atoms with Crippen molar-refractivity contribution in [2.24, 2.45) is 0 Å². The Bertz CT molecular complexity index is 662. The van der Waals surface area contributed by atoms with Crippen LogP contribution in [0.3, 0.4) is 0 Å². The molecule has 1 aromatic carbocycles. The van der Waals surface area contributed by atoms with Crippen LogP contribution in [0.5, 0.6) is 0 Å². The largest absolute Gasteiger partial charge is 0.358 e. The van der Waals surface area contributed by atoms with E-state index in [1.54, 1.807) is 0 Å². The number of para-hydroxylation sites is 1. The van der Waals surface area contributed by atoms with Gasteiger partial charge < -0.3 is 20.9 Å². The third kappa shape index (κ3) is 4.03. The number of amides is 3. The second-order valence-electron chi connectivity index (χ2n) is 5.87. The number of aromatic amines is 1. The van der Waals surface area contributed by atoms with E-state index in [0.717, 1.165) is 30.5 Å². The molecule has 3 amide bonds. The monoisotopic (exact) mass is 314 g/mol. The molecule has 6 nitrogen and oxygen atoms in total. The standard InChI is InChI=1S/C17H22N4O2/c22-16-15(7-3-4-9-18-16)21-17(23)19-10-8-13-11-12-5-1-2-6-14(12)20-13/h1-2,5-6,11,15,20H,3-4,7-10H2,(H,18,22)(H2,19,21,23). The quantitative estimate of drug-likeness (QED) is 0.692. The SMILES string of the molecule is O=C(NCCc1cc2ccccc2[nH]1)NC1CCCCNC1=O. The zero-order chi connectivity index (χ0) is 16.1. The predicted molar refractivity (Wildman–Crippen MR) is 89.2 cm³/mol. The minimum atomic E-state index is -0.425. The number of H-pyrrole nitrogens is 1. The van der Waals surface area contributed by atoms with E-state index in [1.165, 1.54) is 5.39 Å². The molecule has 1 fully saturated rings. The fourth-order valence-corrected chi connectivity index (χ4v) is 2.87. The van der Waals surface area contributed by atoms with Crippen molar-refractivity contribution in [3.8, 4) is 0 Å². The van der Waals surface area contributed by atoms with E-state index in [0.29, 0.717) is 19.5 Å². The van der Waals surface area contributed by atoms with Crippen LogP contribution < -0.4 is 16.0 Å². The number of benzene rings is 1. The Labute approximate surface area is 135 Å². The molecule has 0 radical (unpaired) electrons. The summed E-state index contributed by atoms with van der Waals surface area (Å²) in [5, 5.41) is 9.54. The van der Waals surface area contributed by atoms with Crippen LogP contribution in [-0.2, 0) is 11.2 Å². The van der Waals surface area contributed by atoms with Crippen LogP contribution >= 0.6 is 0 Å². The number of hydrogen-bond donors (Lipinski definition) is 4. The lowest BCUT2D eigenvalue weighted by Crippen LogP contribution is -2.49. The molecule has 1 aliphatic rings. The van der Waals surface area contributed by atoms with Gasteiger partial charge in [0.1, 0.15) is 6.04 Å². The van der Waals surface area contributed by atoms with Crippen molar-refractivity contribution in [2.45, 2.75) is 31.7 Å². The molecular weight excluding hydrogens is 292 g/mol. The van der Waals surface area contributed by atoms with Gasteiger partial charge in [-0.1, -0.05) is 18.2 Å². The van der Waals surface area contributed by atoms with E-state index in [4.69, 9.17) is 0 Å². The lowest BCUT2D eigenvalue weighted by Gasteiger charge is -2.15. The van der Waals surface area contributed by atoms with Crippen LogP contribution in [-0.4, -0.2) is 36.1 Å². The van der Waals surface area contributed by atoms with Gasteiger partial charge in [0.2, 0.25) is 5.91 Å². The van der Waals surface area contributed by atoms with Crippen LogP contribution in [0.15, 0.2) is 30.3 Å². The van der Waals surface area contributed by atoms with Crippen molar-refractivity contribution in [3.05, 3.63) is 36.0 Å². The Balaban J connectivity index is 1.46. The molecule has 1 saturated heterocycles. The van der Waals surface area contributed by atoms with Crippen LogP contribution in [0.2, 0.25) is 0 Å². The molecule has 0 bridgehead atoms. The van der Waals surface area contributed by atoms with E-state index >= 15 is 0 Å². The minimum Gasteiger partial charge on any atom is -0.358 e. The summed E-state index contributed by atoms with van der Waals surface area (Å²) < 4.78 is 0. The summed E-state index contributed by atoms with van der Waals surface area (Å²) in [7, 11) is 0. The third-order valence-corrected chi connectivity index (χ3v) is 4.11. The first-order valence-electron chi connectivity index (χ1n) is 8.11. The maximum absolute atomic E-state index is 11.9. The summed E-state index contributed by atoms with van der Waals surface area (Å²) in [6.45, 7) is 1.21. The number of carbonyl (C=O) groups is 2. The molecule has 0 spiro atoms. The van der Waals surface area contributed by atoms with Crippen molar-refractivity contribution in [1.29, 1.82) is 0 Å². The molecule has 23 heavy (non-hydrogen) atoms. The first-order chi connectivity index (χ1) is 11.2. The number of hydrogen-bond acceptors (Lipinski definition) is 2. The molecule has 3 rings (SSSR count). The number of carbonyl (C=O) groups excluding carboxylic acids is 2. The molecule has 1 atom stereocenters. The van der Waals surface area contributed by atoms with Gasteiger partial charge in [-0.3, -0.25) is 4.79 Å². The number of rotatable bonds is 4. The van der Waals surface area contributed by atoms with E-state index < -0.39 is 6.04 Å². The van der Waals surface area contributed by atoms with E-state index in [-0.39, 0.29) is 11.9 Å². The molecule has 6 heteroatoms. The van der Waals surface area contributed by atoms with Crippen LogP contribution in [0.4, 0.5) is 4.79 Å². The Hall–Kier alpha value is -2.50. The number of aromatic nitrogens is 1. The van der Waals surface area contributed by atoms with Gasteiger partial charge in [0.05, 0.1) is 0 Å². The molecule has 2 heterocycles. The number of fused-ring (bicyclic) bond motifs is 1. The Kier molecular flexibility index (Phi) is 4.80. The third-order valence-electron chi connectivity index (χ3n) is 4.11. The minimum absolute atomic E-state index is 0.0896. The highest BCUT2D eigenvalue weighted by Crippen LogP contribution is 2.14. The highest BCUT2D eigenvalue weighted by Gasteiger charge is 2.21. The van der Waals surface area contributed by atoms with Gasteiger partial charge in [0.15, 0.2) is 0 Å². The molecular formula is C17H22N4O2. The average Bonchev–Trinajstić information content (AvgIpc) is 2.85. The van der Waals surface area contributed by atoms with E-state index in [1.807, 2.05) is 18.2 Å². The molecule has 2 aromatic rings. The highest BCUT2D eigenvalue weighted by molar-refractivity contribution is 5.87. The van der Waals surface area contributed by atoms with Crippen molar-refractivity contribution < 1.29 is 9.59 Å². The van der Waals surface area contributed by atoms with Gasteiger partial charge in [-0.05, 0) is 36.8 Å². The fourth-order valence-electron chi connectivity index (χ4n) is 2.87. The second-order valence-corrected chi connectivity index (χ2v) is 5.87. The predicted octanol–water partition coefficient (Wildman–Crippen LogP) is 1.68. The Morgan fingerprint density at radius 3 is 3.00 bits per heavy atom. The van der Waals surface area contributed by atoms with E-state index in [9.17, 15) is 9.59 Å². The smallest absolute Gasteiger partial charge is 0.315 e. The van der Waals surface area contributed by atoms with Gasteiger partial charge in [-0.15, -0.1) is 0 Å².